The first-order valence-electron chi connectivity index (χ1n) is 9.68. The van der Waals surface area contributed by atoms with Crippen molar-refractivity contribution >= 4 is 33.9 Å². The van der Waals surface area contributed by atoms with E-state index in [1.807, 2.05) is 6.07 Å². The number of hydrogen-bond donors (Lipinski definition) is 3. The van der Waals surface area contributed by atoms with Crippen LogP contribution in [0, 0.1) is 11.3 Å². The summed E-state index contributed by atoms with van der Waals surface area (Å²) in [4.78, 5) is 13.0. The van der Waals surface area contributed by atoms with Crippen LogP contribution in [0.2, 0.25) is 0 Å². The summed E-state index contributed by atoms with van der Waals surface area (Å²) in [5.74, 6) is 0.440. The number of nitriles is 1. The van der Waals surface area contributed by atoms with Crippen LogP contribution in [0.1, 0.15) is 15.9 Å². The Kier molecular flexibility index (Phi) is 5.86. The number of amides is 1. The minimum absolute atomic E-state index is 0.00867. The number of methoxy groups -OCH3 is 2. The Morgan fingerprint density at radius 2 is 1.82 bits per heavy atom. The first-order valence-corrected chi connectivity index (χ1v) is 9.68. The number of aromatic amines is 1. The van der Waals surface area contributed by atoms with Gasteiger partial charge in [0.15, 0.2) is 11.6 Å². The number of nitrogens with zero attached hydrogens (tertiary/aromatic N) is 4. The average Bonchev–Trinajstić information content (AvgIpc) is 3.30. The van der Waals surface area contributed by atoms with Gasteiger partial charge in [-0.2, -0.15) is 10.4 Å². The minimum Gasteiger partial charge on any atom is -0.505 e. The fourth-order valence-corrected chi connectivity index (χ4v) is 3.17. The summed E-state index contributed by atoms with van der Waals surface area (Å²) < 4.78 is 10.4. The molecule has 0 aliphatic rings. The first kappa shape index (κ1) is 21.3. The van der Waals surface area contributed by atoms with Gasteiger partial charge < -0.3 is 19.9 Å². The number of aromatic hydroxyl groups is 1. The number of carbonyl (C=O) groups is 1. The van der Waals surface area contributed by atoms with Crippen LogP contribution in [0.5, 0.6) is 17.2 Å². The Morgan fingerprint density at radius 1 is 1.09 bits per heavy atom. The molecular formula is C23H18N6O4. The zero-order chi connectivity index (χ0) is 23.4. The number of H-pyrrole nitrogens is 1. The van der Waals surface area contributed by atoms with Gasteiger partial charge in [-0.1, -0.05) is 0 Å². The molecule has 4 aromatic rings. The molecule has 10 nitrogen and oxygen atoms in total. The molecular weight excluding hydrogens is 424 g/mol. The Bertz CT molecular complexity index is 1400. The normalized spacial score (nSPS) is 10.8. The third-order valence-electron chi connectivity index (χ3n) is 4.88. The maximum Gasteiger partial charge on any atom is 0.259 e. The third-order valence-corrected chi connectivity index (χ3v) is 4.88. The molecule has 1 aromatic heterocycles. The Morgan fingerprint density at radius 3 is 2.52 bits per heavy atom. The van der Waals surface area contributed by atoms with Gasteiger partial charge >= 0.3 is 0 Å². The molecule has 0 unspecified atom stereocenters. The highest BCUT2D eigenvalue weighted by molar-refractivity contribution is 6.11. The van der Waals surface area contributed by atoms with Crippen molar-refractivity contribution in [2.24, 2.45) is 10.2 Å². The van der Waals surface area contributed by atoms with Gasteiger partial charge in [0, 0.05) is 11.1 Å². The monoisotopic (exact) mass is 442 g/mol. The highest BCUT2D eigenvalue weighted by Crippen LogP contribution is 2.40. The summed E-state index contributed by atoms with van der Waals surface area (Å²) in [5, 5.41) is 38.4. The van der Waals surface area contributed by atoms with E-state index in [9.17, 15) is 9.90 Å². The fourth-order valence-electron chi connectivity index (χ4n) is 3.17. The van der Waals surface area contributed by atoms with Crippen LogP contribution in [0.25, 0.3) is 10.8 Å². The van der Waals surface area contributed by atoms with E-state index in [1.165, 1.54) is 13.3 Å². The predicted molar refractivity (Wildman–Crippen MR) is 121 cm³/mol. The molecule has 3 aromatic carbocycles. The lowest BCUT2D eigenvalue weighted by molar-refractivity contribution is 0.102. The van der Waals surface area contributed by atoms with Gasteiger partial charge in [-0.15, -0.1) is 10.2 Å². The Hall–Kier alpha value is -4.91. The van der Waals surface area contributed by atoms with Crippen LogP contribution in [0.15, 0.2) is 65.0 Å². The number of hydrogen-bond acceptors (Lipinski definition) is 8. The number of phenolic OH excluding ortho intramolecular Hbond substituents is 1. The van der Waals surface area contributed by atoms with Crippen molar-refractivity contribution in [3.05, 3.63) is 65.9 Å². The van der Waals surface area contributed by atoms with Crippen molar-refractivity contribution in [3.63, 3.8) is 0 Å². The summed E-state index contributed by atoms with van der Waals surface area (Å²) >= 11 is 0. The second kappa shape index (κ2) is 9.07. The summed E-state index contributed by atoms with van der Waals surface area (Å²) in [6.45, 7) is 0. The quantitative estimate of drug-likeness (QED) is 0.365. The molecule has 1 amide bonds. The second-order valence-corrected chi connectivity index (χ2v) is 6.84. The van der Waals surface area contributed by atoms with Crippen molar-refractivity contribution < 1.29 is 19.4 Å². The molecule has 0 spiro atoms. The number of ether oxygens (including phenoxy) is 2. The molecule has 1 heterocycles. The van der Waals surface area contributed by atoms with E-state index in [0.717, 1.165) is 0 Å². The van der Waals surface area contributed by atoms with Crippen LogP contribution in [0.4, 0.5) is 17.2 Å². The minimum atomic E-state index is -0.543. The van der Waals surface area contributed by atoms with Crippen LogP contribution in [0.3, 0.4) is 0 Å². The molecule has 4 rings (SSSR count). The second-order valence-electron chi connectivity index (χ2n) is 6.84. The number of carbonyl (C=O) groups excluding carboxylic acids is 1. The molecule has 0 radical (unpaired) electrons. The van der Waals surface area contributed by atoms with Gasteiger partial charge in [-0.3, -0.25) is 9.89 Å². The van der Waals surface area contributed by atoms with E-state index in [1.54, 1.807) is 55.6 Å². The molecule has 0 aliphatic heterocycles. The van der Waals surface area contributed by atoms with Gasteiger partial charge in [-0.05, 0) is 53.9 Å². The lowest BCUT2D eigenvalue weighted by Gasteiger charge is -2.12. The number of fused-ring (bicyclic) bond motifs is 1. The van der Waals surface area contributed by atoms with E-state index in [-0.39, 0.29) is 28.4 Å². The third kappa shape index (κ3) is 4.28. The van der Waals surface area contributed by atoms with Crippen molar-refractivity contribution in [1.82, 2.24) is 10.2 Å². The number of azo groups is 1. The van der Waals surface area contributed by atoms with Crippen LogP contribution in [-0.4, -0.2) is 35.4 Å². The van der Waals surface area contributed by atoms with E-state index < -0.39 is 5.91 Å². The zero-order valence-electron chi connectivity index (χ0n) is 17.7. The number of phenols is 1. The topological polar surface area (TPSA) is 145 Å². The van der Waals surface area contributed by atoms with Crippen LogP contribution < -0.4 is 14.8 Å². The smallest absolute Gasteiger partial charge is 0.259 e. The Labute approximate surface area is 188 Å². The predicted octanol–water partition coefficient (Wildman–Crippen LogP) is 4.83. The first-order chi connectivity index (χ1) is 16.0. The maximum absolute atomic E-state index is 13.0. The molecule has 0 aliphatic carbocycles. The molecule has 0 atom stereocenters. The van der Waals surface area contributed by atoms with Crippen molar-refractivity contribution in [3.8, 4) is 23.3 Å². The molecule has 0 saturated carbocycles. The van der Waals surface area contributed by atoms with Gasteiger partial charge in [-0.25, -0.2) is 0 Å². The molecule has 10 heteroatoms. The molecule has 0 fully saturated rings. The van der Waals surface area contributed by atoms with Crippen molar-refractivity contribution in [2.45, 2.75) is 0 Å². The molecule has 33 heavy (non-hydrogen) atoms. The molecule has 3 N–H and O–H groups in total. The fraction of sp³-hybridized carbons (Fsp3) is 0.0870. The average molecular weight is 442 g/mol. The number of rotatable bonds is 6. The van der Waals surface area contributed by atoms with E-state index >= 15 is 0 Å². The van der Waals surface area contributed by atoms with Gasteiger partial charge in [0.05, 0.1) is 26.0 Å². The number of nitrogens with one attached hydrogen (secondary N) is 2. The van der Waals surface area contributed by atoms with Gasteiger partial charge in [0.1, 0.15) is 28.8 Å². The largest absolute Gasteiger partial charge is 0.505 e. The maximum atomic E-state index is 13.0. The van der Waals surface area contributed by atoms with Gasteiger partial charge in [0.2, 0.25) is 0 Å². The van der Waals surface area contributed by atoms with E-state index in [4.69, 9.17) is 14.7 Å². The van der Waals surface area contributed by atoms with Crippen molar-refractivity contribution in [2.75, 3.05) is 19.5 Å². The van der Waals surface area contributed by atoms with Gasteiger partial charge in [0.25, 0.3) is 5.91 Å². The van der Waals surface area contributed by atoms with Crippen LogP contribution >= 0.6 is 0 Å². The summed E-state index contributed by atoms with van der Waals surface area (Å²) in [6, 6.07) is 15.4. The highest BCUT2D eigenvalue weighted by atomic mass is 16.5. The van der Waals surface area contributed by atoms with Crippen LogP contribution in [-0.2, 0) is 0 Å². The SMILES string of the molecule is COc1ccc(NC(=O)c2cc3cc(OC)ccc3c(/N=N/c3[nH]ncc3C#N)c2O)cc1. The number of benzene rings is 3. The number of aromatic nitrogens is 2. The van der Waals surface area contributed by atoms with E-state index in [0.29, 0.717) is 28.0 Å². The summed E-state index contributed by atoms with van der Waals surface area (Å²) in [7, 11) is 3.08. The molecule has 0 saturated heterocycles. The Balaban J connectivity index is 1.79. The standard InChI is InChI=1S/C23H18N6O4/c1-32-16-5-3-15(4-6-16)26-23(31)19-10-13-9-17(33-2)7-8-18(13)20(21(19)30)27-29-22-14(11-24)12-25-28-22/h3-10,12,30H,1-2H3,(H,25,28)(H,26,31)/b29-27+. The zero-order valence-corrected chi connectivity index (χ0v) is 17.7. The summed E-state index contributed by atoms with van der Waals surface area (Å²) in [5.41, 5.74) is 0.766. The molecule has 0 bridgehead atoms. The molecule has 164 valence electrons. The summed E-state index contributed by atoms with van der Waals surface area (Å²) in [6.07, 6.45) is 1.32. The lowest BCUT2D eigenvalue weighted by Crippen LogP contribution is -2.12. The number of anilines is 1. The lowest BCUT2D eigenvalue weighted by atomic mass is 10.0. The highest BCUT2D eigenvalue weighted by Gasteiger charge is 2.19. The van der Waals surface area contributed by atoms with E-state index in [2.05, 4.69) is 25.7 Å². The van der Waals surface area contributed by atoms with Crippen molar-refractivity contribution in [1.29, 1.82) is 5.26 Å².